The zero-order chi connectivity index (χ0) is 19.2. The van der Waals surface area contributed by atoms with Gasteiger partial charge in [0.2, 0.25) is 5.69 Å². The van der Waals surface area contributed by atoms with E-state index in [0.29, 0.717) is 0 Å². The molecule has 0 aliphatic rings. The number of benzene rings is 2. The predicted molar refractivity (Wildman–Crippen MR) is 116 cm³/mol. The summed E-state index contributed by atoms with van der Waals surface area (Å²) in [5.41, 5.74) is 4.89. The van der Waals surface area contributed by atoms with Crippen LogP contribution in [0.4, 0.5) is 5.69 Å². The average Bonchev–Trinajstić information content (AvgIpc) is 3.09. The number of hydrogen-bond donors (Lipinski definition) is 0. The Labute approximate surface area is 166 Å². The van der Waals surface area contributed by atoms with Crippen molar-refractivity contribution < 1.29 is 9.30 Å². The molecule has 2 aromatic carbocycles. The topological polar surface area (TPSA) is 16.4 Å². The summed E-state index contributed by atoms with van der Waals surface area (Å²) in [6.45, 7) is 6.44. The smallest absolute Gasteiger partial charge is 0.261 e. The normalized spacial score (nSPS) is 11.1. The molecule has 27 heavy (non-hydrogen) atoms. The third-order valence-electron chi connectivity index (χ3n) is 4.81. The highest BCUT2D eigenvalue weighted by atomic mass is 32.1. The summed E-state index contributed by atoms with van der Waals surface area (Å²) < 4.78 is 7.48. The fourth-order valence-corrected chi connectivity index (χ4v) is 4.05. The quantitative estimate of drug-likeness (QED) is 0.520. The Bertz CT molecular complexity index is 891. The molecule has 1 aromatic heterocycles. The first-order chi connectivity index (χ1) is 13.2. The van der Waals surface area contributed by atoms with Crippen LogP contribution in [0, 0.1) is 0 Å². The largest absolute Gasteiger partial charge is 0.497 e. The molecule has 0 atom stereocenters. The van der Waals surface area contributed by atoms with Crippen LogP contribution in [-0.2, 0) is 7.05 Å². The van der Waals surface area contributed by atoms with Gasteiger partial charge in [0.25, 0.3) is 5.01 Å². The van der Waals surface area contributed by atoms with E-state index in [1.165, 1.54) is 27.5 Å². The van der Waals surface area contributed by atoms with Crippen LogP contribution in [0.5, 0.6) is 5.75 Å². The Morgan fingerprint density at radius 2 is 1.63 bits per heavy atom. The summed E-state index contributed by atoms with van der Waals surface area (Å²) in [7, 11) is 3.80. The van der Waals surface area contributed by atoms with Gasteiger partial charge in [-0.05, 0) is 61.9 Å². The highest BCUT2D eigenvalue weighted by molar-refractivity contribution is 7.10. The van der Waals surface area contributed by atoms with Gasteiger partial charge in [-0.3, -0.25) is 0 Å². The fraction of sp³-hybridized carbons (Fsp3) is 0.261. The van der Waals surface area contributed by atoms with Crippen molar-refractivity contribution in [2.45, 2.75) is 13.8 Å². The molecule has 140 valence electrons. The lowest BCUT2D eigenvalue weighted by molar-refractivity contribution is -0.657. The highest BCUT2D eigenvalue weighted by Crippen LogP contribution is 2.23. The Morgan fingerprint density at radius 3 is 2.22 bits per heavy atom. The standard InChI is InChI=1S/C23H27N2OS/c1-5-25(6-2)20-12-7-18(8-13-20)9-16-23-24(3)22(17-27-23)19-10-14-21(26-4)15-11-19/h7-17H,5-6H2,1-4H3/q+1. The Balaban J connectivity index is 1.77. The molecule has 3 nitrogen and oxygen atoms in total. The minimum atomic E-state index is 0.880. The van der Waals surface area contributed by atoms with Crippen LogP contribution in [0.25, 0.3) is 23.4 Å². The van der Waals surface area contributed by atoms with Gasteiger partial charge in [0.1, 0.15) is 12.8 Å². The van der Waals surface area contributed by atoms with E-state index in [-0.39, 0.29) is 0 Å². The number of rotatable bonds is 7. The molecule has 0 aliphatic heterocycles. The maximum atomic E-state index is 5.25. The summed E-state index contributed by atoms with van der Waals surface area (Å²) in [6.07, 6.45) is 4.36. The number of ether oxygens (including phenoxy) is 1. The van der Waals surface area contributed by atoms with Crippen molar-refractivity contribution in [2.24, 2.45) is 7.05 Å². The van der Waals surface area contributed by atoms with Gasteiger partial charge in [-0.15, -0.1) is 0 Å². The van der Waals surface area contributed by atoms with E-state index in [0.717, 1.165) is 18.8 Å². The summed E-state index contributed by atoms with van der Waals surface area (Å²) in [5.74, 6) is 0.880. The lowest BCUT2D eigenvalue weighted by atomic mass is 10.1. The number of nitrogens with zero attached hydrogens (tertiary/aromatic N) is 2. The van der Waals surface area contributed by atoms with Gasteiger partial charge in [-0.2, -0.15) is 4.57 Å². The van der Waals surface area contributed by atoms with E-state index in [2.05, 4.69) is 84.3 Å². The molecule has 0 bridgehead atoms. The molecule has 0 spiro atoms. The molecule has 0 aliphatic carbocycles. The summed E-state index contributed by atoms with van der Waals surface area (Å²) in [5, 5.41) is 3.42. The van der Waals surface area contributed by atoms with E-state index in [4.69, 9.17) is 4.74 Å². The molecule has 3 aromatic rings. The first-order valence-electron chi connectivity index (χ1n) is 9.31. The Kier molecular flexibility index (Phi) is 6.30. The van der Waals surface area contributed by atoms with Gasteiger partial charge in [0, 0.05) is 30.4 Å². The zero-order valence-electron chi connectivity index (χ0n) is 16.5. The number of aromatic nitrogens is 1. The van der Waals surface area contributed by atoms with Gasteiger partial charge >= 0.3 is 0 Å². The third-order valence-corrected chi connectivity index (χ3v) is 5.80. The minimum absolute atomic E-state index is 0.880. The van der Waals surface area contributed by atoms with Gasteiger partial charge in [-0.25, -0.2) is 0 Å². The second kappa shape index (κ2) is 8.87. The van der Waals surface area contributed by atoms with Crippen LogP contribution >= 0.6 is 11.3 Å². The number of anilines is 1. The number of methoxy groups -OCH3 is 1. The molecule has 0 saturated carbocycles. The van der Waals surface area contributed by atoms with Gasteiger partial charge in [0.15, 0.2) is 0 Å². The van der Waals surface area contributed by atoms with E-state index in [1.807, 2.05) is 12.1 Å². The average molecular weight is 380 g/mol. The predicted octanol–water partition coefficient (Wildman–Crippen LogP) is 5.26. The van der Waals surface area contributed by atoms with E-state index in [1.54, 1.807) is 18.4 Å². The van der Waals surface area contributed by atoms with Crippen LogP contribution in [0.15, 0.2) is 53.9 Å². The van der Waals surface area contributed by atoms with Crippen LogP contribution in [-0.4, -0.2) is 20.2 Å². The van der Waals surface area contributed by atoms with E-state index in [9.17, 15) is 0 Å². The second-order valence-electron chi connectivity index (χ2n) is 6.34. The molecule has 0 N–H and O–H groups in total. The minimum Gasteiger partial charge on any atom is -0.497 e. The molecule has 4 heteroatoms. The summed E-state index contributed by atoms with van der Waals surface area (Å²) >= 11 is 1.75. The van der Waals surface area contributed by atoms with Crippen LogP contribution < -0.4 is 14.2 Å². The van der Waals surface area contributed by atoms with E-state index >= 15 is 0 Å². The van der Waals surface area contributed by atoms with Crippen molar-refractivity contribution in [3.05, 3.63) is 64.5 Å². The molecule has 0 fully saturated rings. The monoisotopic (exact) mass is 379 g/mol. The first-order valence-corrected chi connectivity index (χ1v) is 10.2. The van der Waals surface area contributed by atoms with Crippen molar-refractivity contribution in [3.8, 4) is 17.0 Å². The molecular weight excluding hydrogens is 352 g/mol. The van der Waals surface area contributed by atoms with Crippen molar-refractivity contribution in [2.75, 3.05) is 25.1 Å². The molecule has 0 amide bonds. The van der Waals surface area contributed by atoms with Crippen molar-refractivity contribution in [1.29, 1.82) is 0 Å². The molecule has 0 saturated heterocycles. The Hall–Kier alpha value is -2.59. The van der Waals surface area contributed by atoms with Gasteiger partial charge < -0.3 is 9.64 Å². The maximum absolute atomic E-state index is 5.25. The molecule has 0 radical (unpaired) electrons. The van der Waals surface area contributed by atoms with Gasteiger partial charge in [-0.1, -0.05) is 23.5 Å². The SMILES string of the molecule is CCN(CC)c1ccc(C=Cc2scc(-c3ccc(OC)cc3)[n+]2C)cc1. The fourth-order valence-electron chi connectivity index (χ4n) is 3.12. The summed E-state index contributed by atoms with van der Waals surface area (Å²) in [6, 6.07) is 17.0. The molecule has 0 unspecified atom stereocenters. The molecular formula is C23H27N2OS+. The van der Waals surface area contributed by atoms with Crippen molar-refractivity contribution >= 4 is 29.2 Å². The van der Waals surface area contributed by atoms with Gasteiger partial charge in [0.05, 0.1) is 12.5 Å². The van der Waals surface area contributed by atoms with Crippen molar-refractivity contribution in [1.82, 2.24) is 0 Å². The highest BCUT2D eigenvalue weighted by Gasteiger charge is 2.16. The van der Waals surface area contributed by atoms with Crippen molar-refractivity contribution in [3.63, 3.8) is 0 Å². The maximum Gasteiger partial charge on any atom is 0.261 e. The number of thiazole rings is 1. The number of hydrogen-bond acceptors (Lipinski definition) is 3. The van der Waals surface area contributed by atoms with Crippen LogP contribution in [0.1, 0.15) is 24.4 Å². The van der Waals surface area contributed by atoms with Crippen LogP contribution in [0.3, 0.4) is 0 Å². The van der Waals surface area contributed by atoms with E-state index < -0.39 is 0 Å². The zero-order valence-corrected chi connectivity index (χ0v) is 17.3. The second-order valence-corrected chi connectivity index (χ2v) is 7.23. The lowest BCUT2D eigenvalue weighted by Gasteiger charge is -2.20. The summed E-state index contributed by atoms with van der Waals surface area (Å²) in [4.78, 5) is 2.36. The Morgan fingerprint density at radius 1 is 0.963 bits per heavy atom. The third kappa shape index (κ3) is 4.40. The molecule has 1 heterocycles. The lowest BCUT2D eigenvalue weighted by Crippen LogP contribution is -2.30. The van der Waals surface area contributed by atoms with Crippen LogP contribution in [0.2, 0.25) is 0 Å². The first kappa shape index (κ1) is 19.2. The molecule has 3 rings (SSSR count).